The number of fused-ring (bicyclic) bond motifs is 2. The lowest BCUT2D eigenvalue weighted by Gasteiger charge is -2.30. The van der Waals surface area contributed by atoms with E-state index in [9.17, 15) is 9.90 Å². The number of alkyl halides is 2. The molecular weight excluding hydrogens is 517 g/mol. The average Bonchev–Trinajstić information content (AvgIpc) is 3.53. The van der Waals surface area contributed by atoms with Gasteiger partial charge in [-0.25, -0.2) is 0 Å². The zero-order chi connectivity index (χ0) is 25.4. The van der Waals surface area contributed by atoms with E-state index in [-0.39, 0.29) is 27.6 Å². The summed E-state index contributed by atoms with van der Waals surface area (Å²) in [5.41, 5.74) is 0.422. The second kappa shape index (κ2) is 10.0. The first-order chi connectivity index (χ1) is 17.2. The number of hydrogen-bond acceptors (Lipinski definition) is 6. The zero-order valence-electron chi connectivity index (χ0n) is 19.1. The second-order valence-electron chi connectivity index (χ2n) is 8.93. The molecule has 2 atom stereocenters. The summed E-state index contributed by atoms with van der Waals surface area (Å²) in [6.45, 7) is 2.47. The lowest BCUT2D eigenvalue weighted by molar-refractivity contribution is -0.151. The minimum Gasteiger partial charge on any atom is -0.486 e. The van der Waals surface area contributed by atoms with Crippen LogP contribution in [-0.4, -0.2) is 54.8 Å². The summed E-state index contributed by atoms with van der Waals surface area (Å²) < 4.78 is 46.9. The summed E-state index contributed by atoms with van der Waals surface area (Å²) in [5, 5.41) is 14.1. The van der Waals surface area contributed by atoms with Crippen molar-refractivity contribution >= 4 is 40.1 Å². The molecule has 192 valence electrons. The van der Waals surface area contributed by atoms with Gasteiger partial charge in [-0.1, -0.05) is 29.3 Å². The third-order valence-electron chi connectivity index (χ3n) is 6.39. The molecule has 2 aromatic carbocycles. The third-order valence-corrected chi connectivity index (χ3v) is 6.89. The van der Waals surface area contributed by atoms with Crippen LogP contribution in [-0.2, 0) is 10.7 Å². The molecule has 2 aliphatic rings. The Morgan fingerprint density at radius 1 is 1.08 bits per heavy atom. The summed E-state index contributed by atoms with van der Waals surface area (Å²) in [6.07, 6.45) is 0.642. The molecule has 0 radical (unpaired) electrons. The van der Waals surface area contributed by atoms with E-state index in [0.29, 0.717) is 30.3 Å². The monoisotopic (exact) mass is 540 g/mol. The van der Waals surface area contributed by atoms with Crippen molar-refractivity contribution in [1.29, 1.82) is 0 Å². The third kappa shape index (κ3) is 4.98. The van der Waals surface area contributed by atoms with Crippen LogP contribution in [0.3, 0.4) is 0 Å². The number of halogens is 4. The molecule has 1 aromatic heterocycles. The Balaban J connectivity index is 1.40. The number of carbonyl (C=O) groups is 1. The van der Waals surface area contributed by atoms with Crippen molar-refractivity contribution < 1.29 is 32.6 Å². The number of rotatable bonds is 7. The molecular formula is C25H24Cl2F2N2O5. The van der Waals surface area contributed by atoms with Crippen LogP contribution in [0, 0.1) is 0 Å². The van der Waals surface area contributed by atoms with Crippen molar-refractivity contribution in [2.24, 2.45) is 0 Å². The van der Waals surface area contributed by atoms with Crippen LogP contribution in [0.4, 0.5) is 8.78 Å². The van der Waals surface area contributed by atoms with Gasteiger partial charge in [-0.3, -0.25) is 4.79 Å². The molecule has 0 spiro atoms. The molecule has 0 aliphatic carbocycles. The topological polar surface area (TPSA) is 84.2 Å². The van der Waals surface area contributed by atoms with Gasteiger partial charge in [-0.2, -0.15) is 8.78 Å². The van der Waals surface area contributed by atoms with Gasteiger partial charge in [-0.05, 0) is 61.8 Å². The van der Waals surface area contributed by atoms with Gasteiger partial charge in [-0.15, -0.1) is 0 Å². The normalized spacial score (nSPS) is 17.8. The maximum atomic E-state index is 15.3. The Morgan fingerprint density at radius 2 is 1.81 bits per heavy atom. The van der Waals surface area contributed by atoms with Crippen LogP contribution in [0.25, 0.3) is 11.0 Å². The summed E-state index contributed by atoms with van der Waals surface area (Å²) >= 11 is 12.0. The first kappa shape index (κ1) is 25.1. The standard InChI is InChI=1S/C25H24Cl2F2N2O5/c26-16-9-15-11-21(36-23(15)17(27)12-16)25(28,29)24(33)30-18(13-31-5-1-2-6-31)22(32)14-3-4-19-20(10-14)35-8-7-34-19/h3-4,9-12,18,22,32H,1-2,5-8,13H2,(H,30,33). The number of benzene rings is 2. The van der Waals surface area contributed by atoms with Gasteiger partial charge in [0.1, 0.15) is 19.3 Å². The first-order valence-corrected chi connectivity index (χ1v) is 12.4. The van der Waals surface area contributed by atoms with Crippen molar-refractivity contribution in [3.63, 3.8) is 0 Å². The van der Waals surface area contributed by atoms with Crippen molar-refractivity contribution in [2.75, 3.05) is 32.8 Å². The van der Waals surface area contributed by atoms with E-state index < -0.39 is 29.7 Å². The Labute approximate surface area is 215 Å². The van der Waals surface area contributed by atoms with E-state index in [4.69, 9.17) is 37.1 Å². The molecule has 3 heterocycles. The van der Waals surface area contributed by atoms with Gasteiger partial charge < -0.3 is 29.2 Å². The molecule has 36 heavy (non-hydrogen) atoms. The second-order valence-corrected chi connectivity index (χ2v) is 9.77. The predicted molar refractivity (Wildman–Crippen MR) is 130 cm³/mol. The molecule has 2 N–H and O–H groups in total. The molecule has 7 nitrogen and oxygen atoms in total. The maximum Gasteiger partial charge on any atom is 0.380 e. The zero-order valence-corrected chi connectivity index (χ0v) is 20.6. The van der Waals surface area contributed by atoms with Gasteiger partial charge in [0, 0.05) is 17.0 Å². The number of carbonyl (C=O) groups excluding carboxylic acids is 1. The molecule has 1 saturated heterocycles. The highest BCUT2D eigenvalue weighted by molar-refractivity contribution is 6.38. The molecule has 1 amide bonds. The lowest BCUT2D eigenvalue weighted by Crippen LogP contribution is -2.50. The largest absolute Gasteiger partial charge is 0.486 e. The van der Waals surface area contributed by atoms with Crippen LogP contribution in [0.5, 0.6) is 11.5 Å². The highest BCUT2D eigenvalue weighted by Gasteiger charge is 2.46. The summed E-state index contributed by atoms with van der Waals surface area (Å²) in [5.74, 6) is -5.50. The fourth-order valence-corrected chi connectivity index (χ4v) is 5.09. The molecule has 2 unspecified atom stereocenters. The van der Waals surface area contributed by atoms with E-state index in [2.05, 4.69) is 5.32 Å². The summed E-state index contributed by atoms with van der Waals surface area (Å²) in [7, 11) is 0. The number of nitrogens with one attached hydrogen (secondary N) is 1. The minimum atomic E-state index is -4.02. The highest BCUT2D eigenvalue weighted by atomic mass is 35.5. The molecule has 0 saturated carbocycles. The Kier molecular flexibility index (Phi) is 7.00. The van der Waals surface area contributed by atoms with Gasteiger partial charge in [0.2, 0.25) is 0 Å². The van der Waals surface area contributed by atoms with E-state index in [1.807, 2.05) is 4.90 Å². The van der Waals surface area contributed by atoms with Crippen molar-refractivity contribution in [2.45, 2.75) is 30.9 Å². The molecule has 3 aromatic rings. The summed E-state index contributed by atoms with van der Waals surface area (Å²) in [4.78, 5) is 14.9. The number of aliphatic hydroxyl groups is 1. The number of nitrogens with zero attached hydrogens (tertiary/aromatic N) is 1. The van der Waals surface area contributed by atoms with Crippen molar-refractivity contribution in [1.82, 2.24) is 10.2 Å². The van der Waals surface area contributed by atoms with Crippen molar-refractivity contribution in [3.05, 3.63) is 57.8 Å². The quantitative estimate of drug-likeness (QED) is 0.442. The summed E-state index contributed by atoms with van der Waals surface area (Å²) in [6, 6.07) is 7.69. The number of likely N-dealkylation sites (tertiary alicyclic amines) is 1. The highest BCUT2D eigenvalue weighted by Crippen LogP contribution is 2.38. The SMILES string of the molecule is O=C(NC(CN1CCCC1)C(O)c1ccc2c(c1)OCCO2)C(F)(F)c1cc2cc(Cl)cc(Cl)c2o1. The number of ether oxygens (including phenoxy) is 2. The Hall–Kier alpha value is -2.59. The van der Waals surface area contributed by atoms with Crippen molar-refractivity contribution in [3.8, 4) is 11.5 Å². The van der Waals surface area contributed by atoms with Gasteiger partial charge in [0.15, 0.2) is 22.8 Å². The van der Waals surface area contributed by atoms with Crippen LogP contribution in [0.1, 0.15) is 30.3 Å². The fourth-order valence-electron chi connectivity index (χ4n) is 4.55. The molecule has 0 bridgehead atoms. The predicted octanol–water partition coefficient (Wildman–Crippen LogP) is 4.92. The fraction of sp³-hybridized carbons (Fsp3) is 0.400. The van der Waals surface area contributed by atoms with Gasteiger partial charge in [0.05, 0.1) is 11.1 Å². The Bertz CT molecular complexity index is 1280. The number of furan rings is 1. The van der Waals surface area contributed by atoms with Gasteiger partial charge >= 0.3 is 5.92 Å². The van der Waals surface area contributed by atoms with Crippen LogP contribution in [0.2, 0.25) is 10.0 Å². The molecule has 11 heteroatoms. The Morgan fingerprint density at radius 3 is 2.56 bits per heavy atom. The van der Waals surface area contributed by atoms with Crippen LogP contribution >= 0.6 is 23.2 Å². The van der Waals surface area contributed by atoms with Crippen LogP contribution < -0.4 is 14.8 Å². The molecule has 1 fully saturated rings. The van der Waals surface area contributed by atoms with E-state index in [0.717, 1.165) is 32.0 Å². The average molecular weight is 541 g/mol. The number of aliphatic hydroxyl groups excluding tert-OH is 1. The molecule has 5 rings (SSSR count). The number of amides is 1. The van der Waals surface area contributed by atoms with E-state index in [1.165, 1.54) is 12.1 Å². The molecule has 2 aliphatic heterocycles. The van der Waals surface area contributed by atoms with E-state index in [1.54, 1.807) is 18.2 Å². The van der Waals surface area contributed by atoms with Gasteiger partial charge in [0.25, 0.3) is 5.91 Å². The first-order valence-electron chi connectivity index (χ1n) is 11.6. The minimum absolute atomic E-state index is 0.00784. The van der Waals surface area contributed by atoms with Crippen LogP contribution in [0.15, 0.2) is 40.8 Å². The lowest BCUT2D eigenvalue weighted by atomic mass is 10.0. The maximum absolute atomic E-state index is 15.3. The smallest absolute Gasteiger partial charge is 0.380 e. The number of hydrogen-bond donors (Lipinski definition) is 2. The van der Waals surface area contributed by atoms with E-state index >= 15 is 8.78 Å².